The Morgan fingerprint density at radius 1 is 1.13 bits per heavy atom. The van der Waals surface area contributed by atoms with E-state index in [2.05, 4.69) is 5.32 Å². The number of benzene rings is 2. The summed E-state index contributed by atoms with van der Waals surface area (Å²) in [6.45, 7) is 1.83. The van der Waals surface area contributed by atoms with Gasteiger partial charge in [0.05, 0.1) is 12.2 Å². The molecule has 2 aliphatic rings. The Kier molecular flexibility index (Phi) is 5.07. The molecule has 2 aromatic carbocycles. The molecule has 1 saturated heterocycles. The van der Waals surface area contributed by atoms with Crippen LogP contribution in [0.3, 0.4) is 0 Å². The van der Waals surface area contributed by atoms with Crippen LogP contribution >= 0.6 is 11.6 Å². The summed E-state index contributed by atoms with van der Waals surface area (Å²) in [6, 6.07) is 11.2. The Morgan fingerprint density at radius 2 is 1.87 bits per heavy atom. The van der Waals surface area contributed by atoms with Gasteiger partial charge in [-0.2, -0.15) is 0 Å². The van der Waals surface area contributed by atoms with E-state index in [0.717, 1.165) is 4.90 Å². The summed E-state index contributed by atoms with van der Waals surface area (Å²) in [7, 11) is 0. The van der Waals surface area contributed by atoms with Gasteiger partial charge in [0.2, 0.25) is 5.91 Å². The average molecular weight is 427 g/mol. The van der Waals surface area contributed by atoms with Gasteiger partial charge < -0.3 is 4.74 Å². The Hall–Kier alpha value is -3.19. The minimum absolute atomic E-state index is 0.104. The maximum atomic E-state index is 13.7. The van der Waals surface area contributed by atoms with Gasteiger partial charge in [0.25, 0.3) is 5.91 Å². The molecule has 2 unspecified atom stereocenters. The lowest BCUT2D eigenvalue weighted by molar-refractivity contribution is -0.146. The first-order valence-electron chi connectivity index (χ1n) is 9.61. The van der Waals surface area contributed by atoms with Crippen LogP contribution in [0.2, 0.25) is 5.02 Å². The van der Waals surface area contributed by atoms with Crippen LogP contribution in [-0.4, -0.2) is 41.2 Å². The summed E-state index contributed by atoms with van der Waals surface area (Å²) < 4.78 is 5.63. The zero-order chi connectivity index (χ0) is 21.5. The second-order valence-corrected chi connectivity index (χ2v) is 7.65. The monoisotopic (exact) mass is 426 g/mol. The lowest BCUT2D eigenvalue weighted by atomic mass is 9.74. The molecule has 7 nitrogen and oxygen atoms in total. The van der Waals surface area contributed by atoms with Crippen molar-refractivity contribution in [1.29, 1.82) is 0 Å². The third kappa shape index (κ3) is 2.97. The van der Waals surface area contributed by atoms with Gasteiger partial charge in [-0.05, 0) is 30.2 Å². The lowest BCUT2D eigenvalue weighted by Crippen LogP contribution is -2.68. The highest BCUT2D eigenvalue weighted by Crippen LogP contribution is 2.36. The van der Waals surface area contributed by atoms with Crippen molar-refractivity contribution < 1.29 is 23.9 Å². The molecule has 0 bridgehead atoms. The zero-order valence-corrected chi connectivity index (χ0v) is 16.9. The number of amides is 4. The minimum atomic E-state index is -1.60. The molecule has 30 heavy (non-hydrogen) atoms. The smallest absolute Gasteiger partial charge is 0.331 e. The summed E-state index contributed by atoms with van der Waals surface area (Å²) in [5, 5.41) is 2.62. The Balaban J connectivity index is 1.80. The molecule has 0 spiro atoms. The molecule has 4 rings (SSSR count). The number of hydrogen-bond donors (Lipinski definition) is 1. The molecule has 1 fully saturated rings. The molecular formula is C22H19ClN2O5. The van der Waals surface area contributed by atoms with Crippen LogP contribution in [0, 0.1) is 0 Å². The van der Waals surface area contributed by atoms with E-state index in [9.17, 15) is 19.2 Å². The van der Waals surface area contributed by atoms with Crippen molar-refractivity contribution in [3.63, 3.8) is 0 Å². The molecule has 1 N–H and O–H groups in total. The van der Waals surface area contributed by atoms with Gasteiger partial charge in [0.15, 0.2) is 11.2 Å². The first-order valence-corrected chi connectivity index (χ1v) is 9.99. The van der Waals surface area contributed by atoms with Gasteiger partial charge in [-0.25, -0.2) is 4.79 Å². The molecule has 4 amide bonds. The van der Waals surface area contributed by atoms with Crippen LogP contribution in [0.25, 0.3) is 0 Å². The number of carbonyl (C=O) groups excluding carboxylic acids is 4. The number of Topliss-reactive ketones (excluding diaryl/α,β-unsaturated/α-hetero) is 1. The predicted octanol–water partition coefficient (Wildman–Crippen LogP) is 3.10. The molecule has 0 radical (unpaired) electrons. The van der Waals surface area contributed by atoms with E-state index in [-0.39, 0.29) is 25.0 Å². The van der Waals surface area contributed by atoms with Gasteiger partial charge in [-0.15, -0.1) is 0 Å². The lowest BCUT2D eigenvalue weighted by Gasteiger charge is -2.41. The number of halogens is 1. The van der Waals surface area contributed by atoms with E-state index < -0.39 is 35.1 Å². The van der Waals surface area contributed by atoms with Crippen molar-refractivity contribution in [3.05, 3.63) is 64.7 Å². The summed E-state index contributed by atoms with van der Waals surface area (Å²) in [5.41, 5.74) is -0.933. The maximum Gasteiger partial charge on any atom is 0.331 e. The Bertz CT molecular complexity index is 1050. The number of rotatable bonds is 3. The standard InChI is InChI=1S/C22H19ClN2O5/c1-2-22(13-6-4-3-5-7-13)19(27)24-21(29)25(20(22)28)16-10-11-30-17-9-8-14(23)12-15(17)18(16)26/h3-9,12,16H,2,10-11H2,1H3,(H,24,27,29). The normalized spacial score (nSPS) is 24.1. The molecule has 0 aliphatic carbocycles. The number of urea groups is 1. The quantitative estimate of drug-likeness (QED) is 0.761. The molecule has 0 saturated carbocycles. The zero-order valence-electron chi connectivity index (χ0n) is 16.2. The van der Waals surface area contributed by atoms with E-state index in [4.69, 9.17) is 16.3 Å². The van der Waals surface area contributed by atoms with Crippen LogP contribution in [0.15, 0.2) is 48.5 Å². The highest BCUT2D eigenvalue weighted by Gasteiger charge is 2.56. The SMILES string of the molecule is CCC1(c2ccccc2)C(=O)NC(=O)N(C2CCOc3ccc(Cl)cc3C2=O)C1=O. The van der Waals surface area contributed by atoms with Crippen molar-refractivity contribution in [2.45, 2.75) is 31.2 Å². The molecule has 2 aromatic rings. The van der Waals surface area contributed by atoms with Crippen molar-refractivity contribution in [3.8, 4) is 5.75 Å². The number of hydrogen-bond acceptors (Lipinski definition) is 5. The van der Waals surface area contributed by atoms with Crippen molar-refractivity contribution in [1.82, 2.24) is 10.2 Å². The number of nitrogens with zero attached hydrogens (tertiary/aromatic N) is 1. The van der Waals surface area contributed by atoms with Gasteiger partial charge in [0, 0.05) is 11.4 Å². The number of carbonyl (C=O) groups is 4. The molecule has 2 atom stereocenters. The van der Waals surface area contributed by atoms with Gasteiger partial charge in [-0.3, -0.25) is 24.6 Å². The minimum Gasteiger partial charge on any atom is -0.493 e. The molecular weight excluding hydrogens is 408 g/mol. The van der Waals surface area contributed by atoms with E-state index in [0.29, 0.717) is 16.3 Å². The second-order valence-electron chi connectivity index (χ2n) is 7.22. The first kappa shape index (κ1) is 20.1. The fourth-order valence-electron chi connectivity index (χ4n) is 4.09. The molecule has 8 heteroatoms. The number of ketones is 1. The maximum absolute atomic E-state index is 13.7. The Labute approximate surface area is 177 Å². The second kappa shape index (κ2) is 7.57. The molecule has 2 aliphatic heterocycles. The molecule has 154 valence electrons. The van der Waals surface area contributed by atoms with E-state index >= 15 is 0 Å². The highest BCUT2D eigenvalue weighted by atomic mass is 35.5. The highest BCUT2D eigenvalue weighted by molar-refractivity contribution is 6.31. The van der Waals surface area contributed by atoms with Crippen molar-refractivity contribution >= 4 is 35.2 Å². The van der Waals surface area contributed by atoms with Gasteiger partial charge >= 0.3 is 6.03 Å². The summed E-state index contributed by atoms with van der Waals surface area (Å²) >= 11 is 6.04. The number of nitrogens with one attached hydrogen (secondary N) is 1. The van der Waals surface area contributed by atoms with Crippen LogP contribution in [0.4, 0.5) is 4.79 Å². The number of ether oxygens (including phenoxy) is 1. The summed E-state index contributed by atoms with van der Waals surface area (Å²) in [6.07, 6.45) is 0.234. The van der Waals surface area contributed by atoms with E-state index in [1.807, 2.05) is 0 Å². The van der Waals surface area contributed by atoms with Gasteiger partial charge in [-0.1, -0.05) is 48.9 Å². The van der Waals surface area contributed by atoms with Crippen LogP contribution in [-0.2, 0) is 15.0 Å². The third-order valence-electron chi connectivity index (χ3n) is 5.68. The average Bonchev–Trinajstić information content (AvgIpc) is 2.89. The number of barbiturate groups is 1. The summed E-state index contributed by atoms with van der Waals surface area (Å²) in [4.78, 5) is 53.5. The van der Waals surface area contributed by atoms with E-state index in [1.165, 1.54) is 6.07 Å². The number of imide groups is 2. The fourth-order valence-corrected chi connectivity index (χ4v) is 4.27. The van der Waals surface area contributed by atoms with Crippen LogP contribution in [0.5, 0.6) is 5.75 Å². The Morgan fingerprint density at radius 3 is 2.57 bits per heavy atom. The first-order chi connectivity index (χ1) is 14.4. The van der Waals surface area contributed by atoms with Gasteiger partial charge in [0.1, 0.15) is 11.8 Å². The number of fused-ring (bicyclic) bond motifs is 1. The molecule has 2 heterocycles. The van der Waals surface area contributed by atoms with Crippen LogP contribution in [0.1, 0.15) is 35.7 Å². The molecule has 0 aromatic heterocycles. The van der Waals surface area contributed by atoms with Crippen LogP contribution < -0.4 is 10.1 Å². The topological polar surface area (TPSA) is 92.8 Å². The van der Waals surface area contributed by atoms with Crippen molar-refractivity contribution in [2.75, 3.05) is 6.61 Å². The fraction of sp³-hybridized carbons (Fsp3) is 0.273. The van der Waals surface area contributed by atoms with Crippen molar-refractivity contribution in [2.24, 2.45) is 0 Å². The summed E-state index contributed by atoms with van der Waals surface area (Å²) in [5.74, 6) is -1.52. The van der Waals surface area contributed by atoms with E-state index in [1.54, 1.807) is 49.4 Å². The predicted molar refractivity (Wildman–Crippen MR) is 108 cm³/mol. The third-order valence-corrected chi connectivity index (χ3v) is 5.91. The largest absolute Gasteiger partial charge is 0.493 e.